The maximum absolute atomic E-state index is 2.44. The molecule has 0 bridgehead atoms. The van der Waals surface area contributed by atoms with Gasteiger partial charge in [-0.1, -0.05) is 35.6 Å². The van der Waals surface area contributed by atoms with E-state index in [4.69, 9.17) is 0 Å². The Bertz CT molecular complexity index is 371. The van der Waals surface area contributed by atoms with Crippen LogP contribution in [0.3, 0.4) is 0 Å². The minimum atomic E-state index is 0.969. The molecule has 0 heterocycles. The van der Waals surface area contributed by atoms with Crippen LogP contribution in [0, 0.1) is 11.8 Å². The molecule has 0 heteroatoms. The van der Waals surface area contributed by atoms with Gasteiger partial charge in [0, 0.05) is 0 Å². The SMILES string of the molecule is CC(CCC(=C1CC1)C1CCC(C)C1)=C1CCC1. The van der Waals surface area contributed by atoms with Crippen molar-refractivity contribution < 1.29 is 0 Å². The van der Waals surface area contributed by atoms with Gasteiger partial charge in [-0.05, 0) is 76.5 Å². The van der Waals surface area contributed by atoms with E-state index in [1.807, 2.05) is 11.1 Å². The van der Waals surface area contributed by atoms with Gasteiger partial charge in [-0.3, -0.25) is 0 Å². The van der Waals surface area contributed by atoms with Crippen LogP contribution in [-0.2, 0) is 0 Å². The van der Waals surface area contributed by atoms with E-state index in [-0.39, 0.29) is 0 Å². The van der Waals surface area contributed by atoms with Crippen LogP contribution in [0.15, 0.2) is 22.3 Å². The van der Waals surface area contributed by atoms with Crippen LogP contribution in [0.1, 0.15) is 78.1 Å². The van der Waals surface area contributed by atoms with Crippen LogP contribution >= 0.6 is 0 Å². The van der Waals surface area contributed by atoms with Gasteiger partial charge in [0.15, 0.2) is 0 Å². The van der Waals surface area contributed by atoms with Crippen LogP contribution in [-0.4, -0.2) is 0 Å². The maximum Gasteiger partial charge on any atom is -0.0198 e. The molecule has 0 aromatic carbocycles. The highest BCUT2D eigenvalue weighted by molar-refractivity contribution is 5.29. The maximum atomic E-state index is 2.44. The van der Waals surface area contributed by atoms with Crippen molar-refractivity contribution in [2.45, 2.75) is 78.1 Å². The third-order valence-electron chi connectivity index (χ3n) is 5.47. The molecule has 0 aromatic rings. The van der Waals surface area contributed by atoms with Crippen molar-refractivity contribution in [2.24, 2.45) is 11.8 Å². The Morgan fingerprint density at radius 1 is 1.00 bits per heavy atom. The summed E-state index contributed by atoms with van der Waals surface area (Å²) >= 11 is 0. The molecule has 0 aromatic heterocycles. The smallest absolute Gasteiger partial charge is 0.0198 e. The average Bonchev–Trinajstić information content (AvgIpc) is 3.00. The summed E-state index contributed by atoms with van der Waals surface area (Å²) in [6.45, 7) is 4.83. The molecule has 2 atom stereocenters. The van der Waals surface area contributed by atoms with Gasteiger partial charge in [-0.25, -0.2) is 0 Å². The molecular formula is C18H28. The largest absolute Gasteiger partial charge is 0.0738 e. The standard InChI is InChI=1S/C18H28/c1-13-6-8-17(12-13)18(16-9-10-16)11-7-14(2)15-4-3-5-15/h13,17H,3-12H2,1-2H3. The lowest BCUT2D eigenvalue weighted by Crippen LogP contribution is -2.04. The van der Waals surface area contributed by atoms with E-state index in [1.54, 1.807) is 11.1 Å². The molecule has 3 rings (SSSR count). The van der Waals surface area contributed by atoms with Crippen molar-refractivity contribution in [3.63, 3.8) is 0 Å². The molecule has 0 amide bonds. The first kappa shape index (κ1) is 12.5. The molecule has 100 valence electrons. The van der Waals surface area contributed by atoms with E-state index < -0.39 is 0 Å². The Labute approximate surface area is 113 Å². The molecule has 3 fully saturated rings. The van der Waals surface area contributed by atoms with Gasteiger partial charge in [-0.2, -0.15) is 0 Å². The highest BCUT2D eigenvalue weighted by atomic mass is 14.3. The Hall–Kier alpha value is -0.520. The van der Waals surface area contributed by atoms with Gasteiger partial charge in [0.1, 0.15) is 0 Å². The molecule has 0 spiro atoms. The fourth-order valence-corrected chi connectivity index (χ4v) is 3.86. The van der Waals surface area contributed by atoms with Crippen molar-refractivity contribution in [2.75, 3.05) is 0 Å². The summed E-state index contributed by atoms with van der Waals surface area (Å²) in [6.07, 6.45) is 14.3. The van der Waals surface area contributed by atoms with E-state index in [1.165, 1.54) is 64.2 Å². The molecule has 0 aliphatic heterocycles. The van der Waals surface area contributed by atoms with Gasteiger partial charge < -0.3 is 0 Å². The molecule has 0 saturated heterocycles. The predicted octanol–water partition coefficient (Wildman–Crippen LogP) is 5.79. The molecule has 18 heavy (non-hydrogen) atoms. The van der Waals surface area contributed by atoms with E-state index in [0.717, 1.165) is 11.8 Å². The average molecular weight is 244 g/mol. The Balaban J connectivity index is 1.60. The third kappa shape index (κ3) is 2.73. The van der Waals surface area contributed by atoms with Crippen molar-refractivity contribution in [3.05, 3.63) is 22.3 Å². The van der Waals surface area contributed by atoms with Gasteiger partial charge >= 0.3 is 0 Å². The van der Waals surface area contributed by atoms with E-state index in [0.29, 0.717) is 0 Å². The van der Waals surface area contributed by atoms with Crippen LogP contribution in [0.4, 0.5) is 0 Å². The van der Waals surface area contributed by atoms with Gasteiger partial charge in [0.25, 0.3) is 0 Å². The quantitative estimate of drug-likeness (QED) is 0.549. The Kier molecular flexibility index (Phi) is 3.63. The highest BCUT2D eigenvalue weighted by Gasteiger charge is 2.29. The Morgan fingerprint density at radius 2 is 1.78 bits per heavy atom. The lowest BCUT2D eigenvalue weighted by atomic mass is 9.84. The molecule has 2 unspecified atom stereocenters. The second-order valence-corrected chi connectivity index (χ2v) is 6.98. The fourth-order valence-electron chi connectivity index (χ4n) is 3.86. The van der Waals surface area contributed by atoms with Crippen molar-refractivity contribution in [1.82, 2.24) is 0 Å². The van der Waals surface area contributed by atoms with E-state index in [9.17, 15) is 0 Å². The zero-order valence-corrected chi connectivity index (χ0v) is 12.2. The number of hydrogen-bond donors (Lipinski definition) is 0. The summed E-state index contributed by atoms with van der Waals surface area (Å²) in [5.41, 5.74) is 7.26. The minimum absolute atomic E-state index is 0.969. The second-order valence-electron chi connectivity index (χ2n) is 6.98. The van der Waals surface area contributed by atoms with Gasteiger partial charge in [0.2, 0.25) is 0 Å². The summed E-state index contributed by atoms with van der Waals surface area (Å²) in [5, 5.41) is 0. The Morgan fingerprint density at radius 3 is 2.28 bits per heavy atom. The van der Waals surface area contributed by atoms with Crippen LogP contribution in [0.2, 0.25) is 0 Å². The number of rotatable bonds is 4. The summed E-state index contributed by atoms with van der Waals surface area (Å²) in [5.74, 6) is 1.95. The van der Waals surface area contributed by atoms with Gasteiger partial charge in [0.05, 0.1) is 0 Å². The molecule has 0 radical (unpaired) electrons. The van der Waals surface area contributed by atoms with Crippen molar-refractivity contribution in [1.29, 1.82) is 0 Å². The summed E-state index contributed by atoms with van der Waals surface area (Å²) in [6, 6.07) is 0. The van der Waals surface area contributed by atoms with Crippen molar-refractivity contribution in [3.8, 4) is 0 Å². The van der Waals surface area contributed by atoms with Crippen LogP contribution < -0.4 is 0 Å². The van der Waals surface area contributed by atoms with Crippen molar-refractivity contribution >= 4 is 0 Å². The number of allylic oxidation sites excluding steroid dienone is 4. The minimum Gasteiger partial charge on any atom is -0.0738 e. The van der Waals surface area contributed by atoms with E-state index in [2.05, 4.69) is 13.8 Å². The topological polar surface area (TPSA) is 0 Å². The predicted molar refractivity (Wildman–Crippen MR) is 78.6 cm³/mol. The lowest BCUT2D eigenvalue weighted by Gasteiger charge is -2.21. The zero-order chi connectivity index (χ0) is 12.5. The van der Waals surface area contributed by atoms with Gasteiger partial charge in [-0.15, -0.1) is 0 Å². The lowest BCUT2D eigenvalue weighted by molar-refractivity contribution is 0.554. The molecule has 3 aliphatic rings. The molecular weight excluding hydrogens is 216 g/mol. The monoisotopic (exact) mass is 244 g/mol. The molecule has 0 nitrogen and oxygen atoms in total. The summed E-state index contributed by atoms with van der Waals surface area (Å²) in [4.78, 5) is 0. The molecule has 0 N–H and O–H groups in total. The summed E-state index contributed by atoms with van der Waals surface area (Å²) < 4.78 is 0. The fraction of sp³-hybridized carbons (Fsp3) is 0.778. The highest BCUT2D eigenvalue weighted by Crippen LogP contribution is 2.45. The molecule has 3 saturated carbocycles. The molecule has 3 aliphatic carbocycles. The van der Waals surface area contributed by atoms with Crippen LogP contribution in [0.25, 0.3) is 0 Å². The first-order chi connectivity index (χ1) is 8.74. The van der Waals surface area contributed by atoms with Crippen LogP contribution in [0.5, 0.6) is 0 Å². The zero-order valence-electron chi connectivity index (χ0n) is 12.2. The normalized spacial score (nSPS) is 30.3. The third-order valence-corrected chi connectivity index (χ3v) is 5.47. The second kappa shape index (κ2) is 5.23. The first-order valence-corrected chi connectivity index (χ1v) is 8.12. The summed E-state index contributed by atoms with van der Waals surface area (Å²) in [7, 11) is 0. The van der Waals surface area contributed by atoms with E-state index >= 15 is 0 Å². The first-order valence-electron chi connectivity index (χ1n) is 8.12. The number of hydrogen-bond acceptors (Lipinski definition) is 0.